The van der Waals surface area contributed by atoms with Crippen molar-refractivity contribution < 1.29 is 23.9 Å². The van der Waals surface area contributed by atoms with Crippen molar-refractivity contribution in [3.63, 3.8) is 0 Å². The molecule has 0 saturated carbocycles. The van der Waals surface area contributed by atoms with Gasteiger partial charge in [-0.1, -0.05) is 156 Å². The van der Waals surface area contributed by atoms with Gasteiger partial charge in [0.2, 0.25) is 5.91 Å². The van der Waals surface area contributed by atoms with Crippen LogP contribution in [0.3, 0.4) is 0 Å². The number of carbonyl (C=O) groups is 3. The Morgan fingerprint density at radius 3 is 1.54 bits per heavy atom. The predicted octanol–water partition coefficient (Wildman–Crippen LogP) is 12.1. The van der Waals surface area contributed by atoms with E-state index in [2.05, 4.69) is 45.0 Å². The van der Waals surface area contributed by atoms with E-state index in [1.807, 2.05) is 0 Å². The van der Waals surface area contributed by atoms with Crippen LogP contribution in [0.5, 0.6) is 0 Å². The van der Waals surface area contributed by atoms with Gasteiger partial charge >= 0.3 is 11.9 Å². The third kappa shape index (κ3) is 29.0. The summed E-state index contributed by atoms with van der Waals surface area (Å²) < 4.78 is 11.9. The Morgan fingerprint density at radius 2 is 1.06 bits per heavy atom. The molecule has 3 atom stereocenters. The van der Waals surface area contributed by atoms with Gasteiger partial charge in [0.1, 0.15) is 0 Å². The smallest absolute Gasteiger partial charge is 0.310 e. The first kappa shape index (κ1) is 50.7. The van der Waals surface area contributed by atoms with Crippen LogP contribution in [-0.4, -0.2) is 73.6 Å². The first-order valence-electron chi connectivity index (χ1n) is 23.2. The molecular weight excluding hydrogens is 693 g/mol. The molecular formula is C46H88N2O5S. The van der Waals surface area contributed by atoms with Gasteiger partial charge in [-0.25, -0.2) is 0 Å². The van der Waals surface area contributed by atoms with E-state index in [-0.39, 0.29) is 30.3 Å². The number of hydrogen-bond donors (Lipinski definition) is 1. The third-order valence-electron chi connectivity index (χ3n) is 11.4. The zero-order chi connectivity index (χ0) is 39.5. The largest absolute Gasteiger partial charge is 0.465 e. The summed E-state index contributed by atoms with van der Waals surface area (Å²) in [5.41, 5.74) is 0. The van der Waals surface area contributed by atoms with Crippen molar-refractivity contribution in [1.29, 1.82) is 0 Å². The Balaban J connectivity index is 2.69. The molecule has 1 amide bonds. The van der Waals surface area contributed by atoms with Gasteiger partial charge in [-0.15, -0.1) is 0 Å². The van der Waals surface area contributed by atoms with E-state index in [9.17, 15) is 14.4 Å². The molecule has 318 valence electrons. The number of rotatable bonds is 37. The van der Waals surface area contributed by atoms with Crippen LogP contribution in [0.25, 0.3) is 0 Å². The average molecular weight is 781 g/mol. The molecule has 0 bridgehead atoms. The molecule has 1 N–H and O–H groups in total. The maximum absolute atomic E-state index is 13.6. The highest BCUT2D eigenvalue weighted by Gasteiger charge is 2.27. The first-order chi connectivity index (χ1) is 26.3. The van der Waals surface area contributed by atoms with Crippen LogP contribution >= 0.6 is 11.8 Å². The zero-order valence-corrected chi connectivity index (χ0v) is 37.1. The summed E-state index contributed by atoms with van der Waals surface area (Å²) >= 11 is 1.57. The maximum Gasteiger partial charge on any atom is 0.310 e. The molecule has 0 aromatic carbocycles. The number of esters is 2. The minimum atomic E-state index is -0.517. The molecule has 1 fully saturated rings. The lowest BCUT2D eigenvalue weighted by molar-refractivity contribution is -0.151. The van der Waals surface area contributed by atoms with Crippen LogP contribution in [0.4, 0.5) is 0 Å². The summed E-state index contributed by atoms with van der Waals surface area (Å²) in [4.78, 5) is 42.0. The topological polar surface area (TPSA) is 84.9 Å². The van der Waals surface area contributed by atoms with E-state index in [1.165, 1.54) is 128 Å². The Morgan fingerprint density at radius 1 is 0.630 bits per heavy atom. The molecule has 54 heavy (non-hydrogen) atoms. The van der Waals surface area contributed by atoms with Crippen LogP contribution < -0.4 is 5.32 Å². The maximum atomic E-state index is 13.6. The monoisotopic (exact) mass is 781 g/mol. The molecule has 0 spiro atoms. The van der Waals surface area contributed by atoms with E-state index in [4.69, 9.17) is 9.47 Å². The number of thioether (sulfide) groups is 1. The zero-order valence-electron chi connectivity index (χ0n) is 36.2. The van der Waals surface area contributed by atoms with Gasteiger partial charge in [-0.05, 0) is 70.5 Å². The van der Waals surface area contributed by atoms with Gasteiger partial charge in [0.15, 0.2) is 0 Å². The van der Waals surface area contributed by atoms with E-state index < -0.39 is 5.92 Å². The molecule has 0 radical (unpaired) electrons. The van der Waals surface area contributed by atoms with E-state index >= 15 is 0 Å². The standard InChI is InChI=1S/C46H88N2O5S/c1-6-10-14-18-20-24-28-40(26-22-16-12-8-3)37-52-45(50)32-35-54-39-42(36-44(49)47-43-30-33-48(5)34-31-43)46(51)53-38-41(27-23-17-13-9-4)29-25-21-19-15-11-7-2/h40-43H,6-39H2,1-5H3,(H,47,49). The van der Waals surface area contributed by atoms with Crippen LogP contribution in [0.15, 0.2) is 0 Å². The van der Waals surface area contributed by atoms with Crippen molar-refractivity contribution in [3.05, 3.63) is 0 Å². The van der Waals surface area contributed by atoms with E-state index in [0.717, 1.165) is 51.6 Å². The summed E-state index contributed by atoms with van der Waals surface area (Å²) in [6.07, 6.45) is 32.0. The Bertz CT molecular complexity index is 896. The lowest BCUT2D eigenvalue weighted by Gasteiger charge is -2.29. The normalized spacial score (nSPS) is 15.5. The minimum absolute atomic E-state index is 0.0648. The molecule has 7 nitrogen and oxygen atoms in total. The molecule has 1 saturated heterocycles. The summed E-state index contributed by atoms with van der Waals surface area (Å²) in [6, 6.07) is 0.161. The number of ether oxygens (including phenoxy) is 2. The Kier molecular flexibility index (Phi) is 33.9. The third-order valence-corrected chi connectivity index (χ3v) is 12.6. The van der Waals surface area contributed by atoms with Crippen molar-refractivity contribution in [1.82, 2.24) is 10.2 Å². The number of hydrogen-bond acceptors (Lipinski definition) is 7. The van der Waals surface area contributed by atoms with Gasteiger partial charge < -0.3 is 19.7 Å². The summed E-state index contributed by atoms with van der Waals surface area (Å²) in [5, 5.41) is 3.21. The fraction of sp³-hybridized carbons (Fsp3) is 0.935. The molecule has 1 rings (SSSR count). The molecule has 0 aromatic heterocycles. The SMILES string of the molecule is CCCCCCCCC(CCCCCC)COC(=O)CCSCC(CC(=O)NC1CCN(C)CC1)C(=O)OCC(CCCCCC)CCCCCCCC. The van der Waals surface area contributed by atoms with Gasteiger partial charge in [0, 0.05) is 24.0 Å². The summed E-state index contributed by atoms with van der Waals surface area (Å²) in [6.45, 7) is 11.9. The van der Waals surface area contributed by atoms with Crippen molar-refractivity contribution in [2.24, 2.45) is 17.8 Å². The van der Waals surface area contributed by atoms with Gasteiger partial charge in [0.25, 0.3) is 0 Å². The van der Waals surface area contributed by atoms with Gasteiger partial charge in [-0.3, -0.25) is 14.4 Å². The average Bonchev–Trinajstić information content (AvgIpc) is 3.17. The van der Waals surface area contributed by atoms with Gasteiger partial charge in [-0.2, -0.15) is 11.8 Å². The van der Waals surface area contributed by atoms with Crippen molar-refractivity contribution in [2.75, 3.05) is 44.9 Å². The molecule has 0 aromatic rings. The van der Waals surface area contributed by atoms with Crippen LogP contribution in [0, 0.1) is 17.8 Å². The second-order valence-electron chi connectivity index (χ2n) is 16.7. The molecule has 1 aliphatic heterocycles. The number of nitrogens with one attached hydrogen (secondary N) is 1. The predicted molar refractivity (Wildman–Crippen MR) is 231 cm³/mol. The van der Waals surface area contributed by atoms with E-state index in [0.29, 0.717) is 43.0 Å². The number of amides is 1. The number of unbranched alkanes of at least 4 members (excludes halogenated alkanes) is 16. The highest BCUT2D eigenvalue weighted by atomic mass is 32.2. The summed E-state index contributed by atoms with van der Waals surface area (Å²) in [7, 11) is 2.12. The fourth-order valence-electron chi connectivity index (χ4n) is 7.62. The molecule has 1 aliphatic rings. The second kappa shape index (κ2) is 36.1. The number of likely N-dealkylation sites (tertiary alicyclic amines) is 1. The Hall–Kier alpha value is -1.28. The van der Waals surface area contributed by atoms with Crippen molar-refractivity contribution in [3.8, 4) is 0 Å². The van der Waals surface area contributed by atoms with Gasteiger partial charge in [0.05, 0.1) is 25.6 Å². The molecule has 0 aliphatic carbocycles. The molecule has 1 heterocycles. The first-order valence-corrected chi connectivity index (χ1v) is 24.4. The molecule has 8 heteroatoms. The lowest BCUT2D eigenvalue weighted by Crippen LogP contribution is -2.44. The Labute approximate surface area is 338 Å². The minimum Gasteiger partial charge on any atom is -0.465 e. The van der Waals surface area contributed by atoms with Crippen LogP contribution in [0.1, 0.15) is 207 Å². The molecule has 3 unspecified atom stereocenters. The summed E-state index contributed by atoms with van der Waals surface area (Å²) in [5.74, 6) is 0.892. The highest BCUT2D eigenvalue weighted by Crippen LogP contribution is 2.23. The highest BCUT2D eigenvalue weighted by molar-refractivity contribution is 7.99. The fourth-order valence-corrected chi connectivity index (χ4v) is 8.64. The lowest BCUT2D eigenvalue weighted by atomic mass is 9.95. The van der Waals surface area contributed by atoms with Crippen molar-refractivity contribution >= 4 is 29.6 Å². The number of nitrogens with zero attached hydrogens (tertiary/aromatic N) is 1. The number of carbonyl (C=O) groups excluding carboxylic acids is 3. The number of piperidine rings is 1. The second-order valence-corrected chi connectivity index (χ2v) is 17.9. The van der Waals surface area contributed by atoms with Crippen LogP contribution in [-0.2, 0) is 23.9 Å². The van der Waals surface area contributed by atoms with Crippen molar-refractivity contribution in [2.45, 2.75) is 214 Å². The quantitative estimate of drug-likeness (QED) is 0.0496. The van der Waals surface area contributed by atoms with Crippen LogP contribution in [0.2, 0.25) is 0 Å². The van der Waals surface area contributed by atoms with E-state index in [1.54, 1.807) is 11.8 Å².